The second-order valence-corrected chi connectivity index (χ2v) is 7.60. The van der Waals surface area contributed by atoms with Gasteiger partial charge in [0, 0.05) is 17.4 Å². The van der Waals surface area contributed by atoms with Gasteiger partial charge in [-0.3, -0.25) is 0 Å². The molecule has 2 atom stereocenters. The third kappa shape index (κ3) is 4.10. The van der Waals surface area contributed by atoms with E-state index in [0.717, 1.165) is 42.6 Å². The summed E-state index contributed by atoms with van der Waals surface area (Å²) in [5, 5.41) is 9.84. The van der Waals surface area contributed by atoms with E-state index in [1.807, 2.05) is 6.08 Å². The summed E-state index contributed by atoms with van der Waals surface area (Å²) in [6.07, 6.45) is 12.4. The number of aliphatic hydroxyl groups is 1. The van der Waals surface area contributed by atoms with Crippen LogP contribution in [0.15, 0.2) is 47.5 Å². The molecular weight excluding hydrogens is 284 g/mol. The van der Waals surface area contributed by atoms with Gasteiger partial charge in [0.1, 0.15) is 11.4 Å². The van der Waals surface area contributed by atoms with Crippen molar-refractivity contribution >= 4 is 0 Å². The van der Waals surface area contributed by atoms with Crippen LogP contribution >= 0.6 is 0 Å². The van der Waals surface area contributed by atoms with E-state index in [9.17, 15) is 5.11 Å². The number of hydrogen-bond donors (Lipinski definition) is 1. The highest BCUT2D eigenvalue weighted by Crippen LogP contribution is 2.49. The number of hydrogen-bond acceptors (Lipinski definition) is 2. The van der Waals surface area contributed by atoms with Gasteiger partial charge in [-0.25, -0.2) is 0 Å². The first kappa shape index (κ1) is 17.9. The van der Waals surface area contributed by atoms with Crippen LogP contribution in [-0.4, -0.2) is 10.7 Å². The smallest absolute Gasteiger partial charge is 0.127 e. The largest absolute Gasteiger partial charge is 0.515 e. The van der Waals surface area contributed by atoms with Crippen molar-refractivity contribution < 1.29 is 9.84 Å². The van der Waals surface area contributed by atoms with E-state index in [-0.39, 0.29) is 11.5 Å². The number of ether oxygens (including phenoxy) is 1. The Kier molecular flexibility index (Phi) is 5.78. The van der Waals surface area contributed by atoms with Gasteiger partial charge in [-0.05, 0) is 52.5 Å². The lowest BCUT2D eigenvalue weighted by atomic mass is 9.67. The second kappa shape index (κ2) is 7.42. The van der Waals surface area contributed by atoms with Gasteiger partial charge in [-0.2, -0.15) is 0 Å². The molecule has 1 saturated heterocycles. The third-order valence-electron chi connectivity index (χ3n) is 5.23. The van der Waals surface area contributed by atoms with Gasteiger partial charge in [0.25, 0.3) is 0 Å². The molecule has 0 radical (unpaired) electrons. The molecule has 0 bridgehead atoms. The van der Waals surface area contributed by atoms with Crippen LogP contribution in [0.2, 0.25) is 0 Å². The zero-order valence-corrected chi connectivity index (χ0v) is 15.2. The van der Waals surface area contributed by atoms with Crippen molar-refractivity contribution in [3.8, 4) is 0 Å². The van der Waals surface area contributed by atoms with Crippen LogP contribution in [0.4, 0.5) is 0 Å². The van der Waals surface area contributed by atoms with Crippen LogP contribution < -0.4 is 0 Å². The normalized spacial score (nSPS) is 29.8. The second-order valence-electron chi connectivity index (χ2n) is 7.60. The molecule has 0 aromatic heterocycles. The van der Waals surface area contributed by atoms with E-state index in [4.69, 9.17) is 4.74 Å². The summed E-state index contributed by atoms with van der Waals surface area (Å²) < 4.78 is 6.30. The molecule has 2 unspecified atom stereocenters. The van der Waals surface area contributed by atoms with Crippen LogP contribution in [0.1, 0.15) is 66.2 Å². The van der Waals surface area contributed by atoms with Gasteiger partial charge >= 0.3 is 0 Å². The van der Waals surface area contributed by atoms with Gasteiger partial charge < -0.3 is 9.84 Å². The topological polar surface area (TPSA) is 29.5 Å². The molecular formula is C21H32O2. The zero-order chi connectivity index (χ0) is 17.0. The average molecular weight is 316 g/mol. The molecule has 0 spiro atoms. The van der Waals surface area contributed by atoms with Crippen molar-refractivity contribution in [3.63, 3.8) is 0 Å². The molecule has 2 heteroatoms. The average Bonchev–Trinajstić information content (AvgIpc) is 2.47. The maximum absolute atomic E-state index is 9.84. The Morgan fingerprint density at radius 1 is 1.43 bits per heavy atom. The Labute approximate surface area is 141 Å². The molecule has 23 heavy (non-hydrogen) atoms. The monoisotopic (exact) mass is 316 g/mol. The number of rotatable bonds is 5. The van der Waals surface area contributed by atoms with E-state index in [1.165, 1.54) is 24.7 Å². The fourth-order valence-electron chi connectivity index (χ4n) is 3.86. The number of unbranched alkanes of at least 4 members (excludes halogenated alkanes) is 2. The van der Waals surface area contributed by atoms with E-state index >= 15 is 0 Å². The van der Waals surface area contributed by atoms with E-state index in [0.29, 0.717) is 5.92 Å². The van der Waals surface area contributed by atoms with Crippen LogP contribution in [0.5, 0.6) is 0 Å². The first-order valence-corrected chi connectivity index (χ1v) is 8.99. The molecule has 1 heterocycles. The molecule has 2 aliphatic rings. The Morgan fingerprint density at radius 2 is 2.17 bits per heavy atom. The van der Waals surface area contributed by atoms with E-state index in [2.05, 4.69) is 40.3 Å². The standard InChI is InChI=1S/C21H32O2/c1-6-7-8-9-15(2)13-20-18(14-22)17-12-16(3)10-11-19(17)21(4,5)23-20/h12-14,17,19,22H,2,6-11H2,1,3-5H3/b18-14+,20-13+. The maximum Gasteiger partial charge on any atom is 0.127 e. The summed E-state index contributed by atoms with van der Waals surface area (Å²) in [6, 6.07) is 0. The first-order chi connectivity index (χ1) is 10.9. The first-order valence-electron chi connectivity index (χ1n) is 8.99. The minimum absolute atomic E-state index is 0.218. The Balaban J connectivity index is 2.26. The van der Waals surface area contributed by atoms with Gasteiger partial charge in [0.05, 0.1) is 6.26 Å². The lowest BCUT2D eigenvalue weighted by Crippen LogP contribution is -2.45. The minimum atomic E-state index is -0.218. The summed E-state index contributed by atoms with van der Waals surface area (Å²) in [5.74, 6) is 1.45. The highest BCUT2D eigenvalue weighted by atomic mass is 16.5. The van der Waals surface area contributed by atoms with Crippen LogP contribution in [0, 0.1) is 11.8 Å². The van der Waals surface area contributed by atoms with Crippen molar-refractivity contribution in [1.29, 1.82) is 0 Å². The highest BCUT2D eigenvalue weighted by Gasteiger charge is 2.45. The van der Waals surface area contributed by atoms with Crippen LogP contribution in [-0.2, 0) is 4.74 Å². The van der Waals surface area contributed by atoms with Crippen molar-refractivity contribution in [1.82, 2.24) is 0 Å². The summed E-state index contributed by atoms with van der Waals surface area (Å²) in [6.45, 7) is 12.9. The Hall–Kier alpha value is -1.44. The molecule has 0 aromatic carbocycles. The van der Waals surface area contributed by atoms with E-state index in [1.54, 1.807) is 0 Å². The Bertz CT molecular complexity index is 534. The summed E-state index contributed by atoms with van der Waals surface area (Å²) >= 11 is 0. The van der Waals surface area contributed by atoms with Crippen LogP contribution in [0.25, 0.3) is 0 Å². The predicted molar refractivity (Wildman–Crippen MR) is 97.2 cm³/mol. The third-order valence-corrected chi connectivity index (χ3v) is 5.23. The zero-order valence-electron chi connectivity index (χ0n) is 15.2. The van der Waals surface area contributed by atoms with Gasteiger partial charge in [0.15, 0.2) is 0 Å². The molecule has 2 nitrogen and oxygen atoms in total. The number of aliphatic hydroxyl groups excluding tert-OH is 1. The Morgan fingerprint density at radius 3 is 2.83 bits per heavy atom. The maximum atomic E-state index is 9.84. The number of fused-ring (bicyclic) bond motifs is 1. The molecule has 1 aliphatic heterocycles. The molecule has 128 valence electrons. The quantitative estimate of drug-likeness (QED) is 0.370. The fraction of sp³-hybridized carbons (Fsp3) is 0.619. The minimum Gasteiger partial charge on any atom is -0.515 e. The molecule has 0 aromatic rings. The lowest BCUT2D eigenvalue weighted by Gasteiger charge is -2.47. The summed E-state index contributed by atoms with van der Waals surface area (Å²) in [7, 11) is 0. The molecule has 0 amide bonds. The predicted octanol–water partition coefficient (Wildman–Crippen LogP) is 6.23. The fourth-order valence-corrected chi connectivity index (χ4v) is 3.86. The SMILES string of the molecule is C=C(/C=C1/OC(C)(C)C2CCC(C)=CC2/C1=C\O)CCCCC. The van der Waals surface area contributed by atoms with Gasteiger partial charge in [-0.15, -0.1) is 0 Å². The van der Waals surface area contributed by atoms with Crippen LogP contribution in [0.3, 0.4) is 0 Å². The molecule has 1 N–H and O–H groups in total. The van der Waals surface area contributed by atoms with Crippen molar-refractivity contribution in [3.05, 3.63) is 47.5 Å². The number of allylic oxidation sites excluding steroid dienone is 5. The van der Waals surface area contributed by atoms with Crippen molar-refractivity contribution in [2.75, 3.05) is 0 Å². The van der Waals surface area contributed by atoms with Gasteiger partial charge in [-0.1, -0.05) is 43.6 Å². The van der Waals surface area contributed by atoms with Crippen molar-refractivity contribution in [2.24, 2.45) is 11.8 Å². The molecule has 1 fully saturated rings. The van der Waals surface area contributed by atoms with Crippen molar-refractivity contribution in [2.45, 2.75) is 71.8 Å². The lowest BCUT2D eigenvalue weighted by molar-refractivity contribution is -0.0533. The molecule has 1 aliphatic carbocycles. The summed E-state index contributed by atoms with van der Waals surface area (Å²) in [5.41, 5.74) is 3.18. The molecule has 2 rings (SSSR count). The molecule has 0 saturated carbocycles. The van der Waals surface area contributed by atoms with E-state index < -0.39 is 0 Å². The highest BCUT2D eigenvalue weighted by molar-refractivity contribution is 5.40. The van der Waals surface area contributed by atoms with Gasteiger partial charge in [0.2, 0.25) is 0 Å². The summed E-state index contributed by atoms with van der Waals surface area (Å²) in [4.78, 5) is 0.